The van der Waals surface area contributed by atoms with Gasteiger partial charge >= 0.3 is 0 Å². The first-order valence-corrected chi connectivity index (χ1v) is 8.61. The summed E-state index contributed by atoms with van der Waals surface area (Å²) in [5.41, 5.74) is 3.64. The van der Waals surface area contributed by atoms with Crippen LogP contribution < -0.4 is 9.80 Å². The Morgan fingerprint density at radius 1 is 1.28 bits per heavy atom. The molecule has 0 N–H and O–H groups in total. The zero-order valence-electron chi connectivity index (χ0n) is 14.5. The molecule has 2 saturated heterocycles. The van der Waals surface area contributed by atoms with E-state index >= 15 is 0 Å². The molecule has 0 aliphatic carbocycles. The van der Waals surface area contributed by atoms with Crippen molar-refractivity contribution in [3.8, 4) is 0 Å². The standard InChI is InChI=1S/C18H23N5O2/c1-14-11-16(3-4-18(14)21-7-9-24-10-8-21)23-13-17(25-15(23)2)12-22-6-5-19-20-22/h3-6,11,17H,2,7-10,12-13H2,1H3/t17-/m0/s1. The molecular weight excluding hydrogens is 318 g/mol. The minimum absolute atomic E-state index is 0.0217. The quantitative estimate of drug-likeness (QED) is 0.845. The summed E-state index contributed by atoms with van der Waals surface area (Å²) in [4.78, 5) is 4.50. The van der Waals surface area contributed by atoms with Crippen LogP contribution in [0.2, 0.25) is 0 Å². The van der Waals surface area contributed by atoms with E-state index in [1.54, 1.807) is 10.9 Å². The Morgan fingerprint density at radius 2 is 2.12 bits per heavy atom. The molecule has 2 aliphatic rings. The molecular formula is C18H23N5O2. The number of rotatable bonds is 4. The molecule has 1 aromatic heterocycles. The molecule has 4 rings (SSSR count). The minimum Gasteiger partial charge on any atom is -0.472 e. The van der Waals surface area contributed by atoms with Crippen LogP contribution in [-0.4, -0.2) is 53.9 Å². The molecule has 2 aliphatic heterocycles. The highest BCUT2D eigenvalue weighted by atomic mass is 16.5. The van der Waals surface area contributed by atoms with Crippen molar-refractivity contribution in [2.75, 3.05) is 42.6 Å². The first-order valence-electron chi connectivity index (χ1n) is 8.61. The van der Waals surface area contributed by atoms with Crippen LogP contribution in [0.4, 0.5) is 11.4 Å². The Hall–Kier alpha value is -2.54. The maximum absolute atomic E-state index is 5.90. The number of benzene rings is 1. The molecule has 1 aromatic carbocycles. The van der Waals surface area contributed by atoms with Gasteiger partial charge in [-0.1, -0.05) is 5.21 Å². The summed E-state index contributed by atoms with van der Waals surface area (Å²) in [6, 6.07) is 6.54. The average Bonchev–Trinajstić information content (AvgIpc) is 3.25. The van der Waals surface area contributed by atoms with Gasteiger partial charge in [0.2, 0.25) is 0 Å². The lowest BCUT2D eigenvalue weighted by Gasteiger charge is -2.30. The highest BCUT2D eigenvalue weighted by Crippen LogP contribution is 2.31. The van der Waals surface area contributed by atoms with Crippen LogP contribution in [0.1, 0.15) is 5.56 Å². The van der Waals surface area contributed by atoms with Crippen LogP contribution >= 0.6 is 0 Å². The number of nitrogens with zero attached hydrogens (tertiary/aromatic N) is 5. The highest BCUT2D eigenvalue weighted by molar-refractivity contribution is 5.63. The van der Waals surface area contributed by atoms with E-state index in [4.69, 9.17) is 9.47 Å². The van der Waals surface area contributed by atoms with Gasteiger partial charge in [-0.25, -0.2) is 4.68 Å². The molecule has 1 atom stereocenters. The Labute approximate surface area is 147 Å². The molecule has 0 amide bonds. The monoisotopic (exact) mass is 341 g/mol. The predicted octanol–water partition coefficient (Wildman–Crippen LogP) is 1.80. The fourth-order valence-electron chi connectivity index (χ4n) is 3.45. The van der Waals surface area contributed by atoms with E-state index in [1.807, 2.05) is 6.20 Å². The Kier molecular flexibility index (Phi) is 4.31. The lowest BCUT2D eigenvalue weighted by Crippen LogP contribution is -2.36. The molecule has 0 spiro atoms. The van der Waals surface area contributed by atoms with E-state index < -0.39 is 0 Å². The SMILES string of the molecule is C=C1O[C@@H](Cn2ccnn2)CN1c1ccc(N2CCOCC2)c(C)c1. The zero-order valence-corrected chi connectivity index (χ0v) is 14.5. The maximum atomic E-state index is 5.90. The zero-order chi connectivity index (χ0) is 17.2. The van der Waals surface area contributed by atoms with Crippen LogP contribution in [0.5, 0.6) is 0 Å². The van der Waals surface area contributed by atoms with Gasteiger partial charge in [-0.05, 0) is 37.3 Å². The van der Waals surface area contributed by atoms with Crippen molar-refractivity contribution in [1.29, 1.82) is 0 Å². The normalized spacial score (nSPS) is 20.8. The topological polar surface area (TPSA) is 55.7 Å². The van der Waals surface area contributed by atoms with E-state index in [-0.39, 0.29) is 6.10 Å². The fraction of sp³-hybridized carbons (Fsp3) is 0.444. The smallest absolute Gasteiger partial charge is 0.186 e. The molecule has 2 aromatic rings. The molecule has 0 radical (unpaired) electrons. The first kappa shape index (κ1) is 16.0. The molecule has 7 nitrogen and oxygen atoms in total. The molecule has 25 heavy (non-hydrogen) atoms. The summed E-state index contributed by atoms with van der Waals surface area (Å²) >= 11 is 0. The van der Waals surface area contributed by atoms with Crippen molar-refractivity contribution in [2.24, 2.45) is 0 Å². The lowest BCUT2D eigenvalue weighted by atomic mass is 10.1. The van der Waals surface area contributed by atoms with Crippen molar-refractivity contribution in [1.82, 2.24) is 15.0 Å². The summed E-state index contributed by atoms with van der Waals surface area (Å²) in [6.45, 7) is 11.1. The first-order chi connectivity index (χ1) is 12.2. The summed E-state index contributed by atoms with van der Waals surface area (Å²) in [7, 11) is 0. The van der Waals surface area contributed by atoms with Crippen molar-refractivity contribution in [3.05, 3.63) is 48.6 Å². The third kappa shape index (κ3) is 3.32. The number of aryl methyl sites for hydroxylation is 1. The van der Waals surface area contributed by atoms with Crippen LogP contribution in [-0.2, 0) is 16.0 Å². The van der Waals surface area contributed by atoms with E-state index in [1.165, 1.54) is 11.3 Å². The van der Waals surface area contributed by atoms with Gasteiger partial charge in [0.05, 0.1) is 32.5 Å². The molecule has 3 heterocycles. The summed E-state index contributed by atoms with van der Waals surface area (Å²) < 4.78 is 13.1. The Morgan fingerprint density at radius 3 is 2.84 bits per heavy atom. The number of ether oxygens (including phenoxy) is 2. The second kappa shape index (κ2) is 6.76. The Balaban J connectivity index is 1.47. The summed E-state index contributed by atoms with van der Waals surface area (Å²) in [5.74, 6) is 0.684. The minimum atomic E-state index is 0.0217. The Bertz CT molecular complexity index is 740. The second-order valence-electron chi connectivity index (χ2n) is 6.44. The second-order valence-corrected chi connectivity index (χ2v) is 6.44. The number of hydrogen-bond acceptors (Lipinski definition) is 6. The van der Waals surface area contributed by atoms with Crippen molar-refractivity contribution < 1.29 is 9.47 Å². The fourth-order valence-corrected chi connectivity index (χ4v) is 3.45. The van der Waals surface area contributed by atoms with E-state index in [9.17, 15) is 0 Å². The van der Waals surface area contributed by atoms with E-state index in [2.05, 4.69) is 51.8 Å². The van der Waals surface area contributed by atoms with Gasteiger partial charge in [-0.15, -0.1) is 5.10 Å². The van der Waals surface area contributed by atoms with Crippen molar-refractivity contribution in [2.45, 2.75) is 19.6 Å². The molecule has 7 heteroatoms. The average molecular weight is 341 g/mol. The third-order valence-corrected chi connectivity index (χ3v) is 4.70. The van der Waals surface area contributed by atoms with Gasteiger partial charge in [-0.2, -0.15) is 0 Å². The number of morpholine rings is 1. The van der Waals surface area contributed by atoms with E-state index in [0.29, 0.717) is 12.4 Å². The van der Waals surface area contributed by atoms with Gasteiger partial charge in [0.1, 0.15) is 6.10 Å². The number of anilines is 2. The third-order valence-electron chi connectivity index (χ3n) is 4.70. The van der Waals surface area contributed by atoms with Gasteiger partial charge in [0, 0.05) is 30.7 Å². The predicted molar refractivity (Wildman–Crippen MR) is 95.6 cm³/mol. The maximum Gasteiger partial charge on any atom is 0.186 e. The van der Waals surface area contributed by atoms with Crippen LogP contribution in [0, 0.1) is 6.92 Å². The molecule has 0 saturated carbocycles. The highest BCUT2D eigenvalue weighted by Gasteiger charge is 2.28. The number of hydrogen-bond donors (Lipinski definition) is 0. The van der Waals surface area contributed by atoms with Crippen molar-refractivity contribution in [3.63, 3.8) is 0 Å². The van der Waals surface area contributed by atoms with Gasteiger partial charge in [-0.3, -0.25) is 0 Å². The van der Waals surface area contributed by atoms with Gasteiger partial charge < -0.3 is 19.3 Å². The summed E-state index contributed by atoms with van der Waals surface area (Å²) in [6.07, 6.45) is 3.54. The van der Waals surface area contributed by atoms with Crippen LogP contribution in [0.15, 0.2) is 43.1 Å². The number of aromatic nitrogens is 3. The lowest BCUT2D eigenvalue weighted by molar-refractivity contribution is 0.122. The van der Waals surface area contributed by atoms with Crippen LogP contribution in [0.25, 0.3) is 0 Å². The largest absolute Gasteiger partial charge is 0.472 e. The van der Waals surface area contributed by atoms with Crippen molar-refractivity contribution >= 4 is 11.4 Å². The van der Waals surface area contributed by atoms with Gasteiger partial charge in [0.15, 0.2) is 5.88 Å². The van der Waals surface area contributed by atoms with E-state index in [0.717, 1.165) is 38.5 Å². The molecule has 2 fully saturated rings. The molecule has 132 valence electrons. The molecule has 0 unspecified atom stereocenters. The van der Waals surface area contributed by atoms with Crippen LogP contribution in [0.3, 0.4) is 0 Å². The summed E-state index contributed by atoms with van der Waals surface area (Å²) in [5, 5.41) is 7.84. The van der Waals surface area contributed by atoms with Gasteiger partial charge in [0.25, 0.3) is 0 Å². The molecule has 0 bridgehead atoms.